The van der Waals surface area contributed by atoms with Crippen LogP contribution in [0, 0.1) is 0 Å². The average Bonchev–Trinajstić information content (AvgIpc) is 2.76. The van der Waals surface area contributed by atoms with E-state index in [1.54, 1.807) is 11.3 Å². The molecule has 0 spiro atoms. The van der Waals surface area contributed by atoms with Crippen LogP contribution < -0.4 is 0 Å². The van der Waals surface area contributed by atoms with Gasteiger partial charge in [0.1, 0.15) is 0 Å². The van der Waals surface area contributed by atoms with E-state index < -0.39 is 0 Å². The Labute approximate surface area is 108 Å². The molecule has 0 aliphatic carbocycles. The molecular formula is C12H13NO2S2. The van der Waals surface area contributed by atoms with Gasteiger partial charge in [-0.1, -0.05) is 30.8 Å². The molecule has 1 aromatic carbocycles. The van der Waals surface area contributed by atoms with E-state index in [9.17, 15) is 4.79 Å². The van der Waals surface area contributed by atoms with E-state index in [4.69, 9.17) is 4.74 Å². The zero-order valence-corrected chi connectivity index (χ0v) is 11.1. The Morgan fingerprint density at radius 3 is 3.06 bits per heavy atom. The van der Waals surface area contributed by atoms with Gasteiger partial charge < -0.3 is 4.74 Å². The number of rotatable bonds is 5. The fourth-order valence-corrected chi connectivity index (χ4v) is 3.16. The van der Waals surface area contributed by atoms with Gasteiger partial charge in [0.25, 0.3) is 0 Å². The van der Waals surface area contributed by atoms with Crippen molar-refractivity contribution >= 4 is 39.3 Å². The van der Waals surface area contributed by atoms with Crippen LogP contribution in [0.15, 0.2) is 28.6 Å². The molecule has 1 aromatic heterocycles. The summed E-state index contributed by atoms with van der Waals surface area (Å²) in [4.78, 5) is 15.8. The number of thioether (sulfide) groups is 1. The summed E-state index contributed by atoms with van der Waals surface area (Å²) in [7, 11) is 0. The minimum atomic E-state index is -0.170. The van der Waals surface area contributed by atoms with Crippen LogP contribution in [0.25, 0.3) is 10.2 Å². The second kappa shape index (κ2) is 6.02. The number of nitrogens with zero attached hydrogens (tertiary/aromatic N) is 1. The topological polar surface area (TPSA) is 39.2 Å². The molecule has 0 aliphatic rings. The van der Waals surface area contributed by atoms with Gasteiger partial charge in [0.05, 0.1) is 22.6 Å². The first-order valence-electron chi connectivity index (χ1n) is 5.43. The molecule has 2 rings (SSSR count). The van der Waals surface area contributed by atoms with Gasteiger partial charge in [-0.2, -0.15) is 0 Å². The highest BCUT2D eigenvalue weighted by Gasteiger charge is 2.07. The normalized spacial score (nSPS) is 10.6. The molecule has 0 radical (unpaired) electrons. The average molecular weight is 267 g/mol. The van der Waals surface area contributed by atoms with Crippen LogP contribution in [0.2, 0.25) is 0 Å². The van der Waals surface area contributed by atoms with Crippen molar-refractivity contribution in [1.29, 1.82) is 0 Å². The third-order valence-corrected chi connectivity index (χ3v) is 4.21. The number of hydrogen-bond acceptors (Lipinski definition) is 5. The maximum atomic E-state index is 11.3. The Hall–Kier alpha value is -1.07. The van der Waals surface area contributed by atoms with Crippen LogP contribution in [0.5, 0.6) is 0 Å². The Kier molecular flexibility index (Phi) is 4.39. The van der Waals surface area contributed by atoms with Crippen LogP contribution >= 0.6 is 23.1 Å². The van der Waals surface area contributed by atoms with Crippen LogP contribution in [0.3, 0.4) is 0 Å². The molecule has 0 fully saturated rings. The molecule has 0 aliphatic heterocycles. The van der Waals surface area contributed by atoms with Gasteiger partial charge >= 0.3 is 5.97 Å². The van der Waals surface area contributed by atoms with Gasteiger partial charge in [-0.3, -0.25) is 4.79 Å². The summed E-state index contributed by atoms with van der Waals surface area (Å²) < 4.78 is 7.07. The van der Waals surface area contributed by atoms with Crippen molar-refractivity contribution in [3.63, 3.8) is 0 Å². The van der Waals surface area contributed by atoms with Crippen molar-refractivity contribution in [2.45, 2.75) is 17.7 Å². The maximum absolute atomic E-state index is 11.3. The highest BCUT2D eigenvalue weighted by atomic mass is 32.2. The molecule has 2 aromatic rings. The number of aromatic nitrogens is 1. The monoisotopic (exact) mass is 267 g/mol. The van der Waals surface area contributed by atoms with E-state index in [-0.39, 0.29) is 5.97 Å². The summed E-state index contributed by atoms with van der Waals surface area (Å²) in [5.74, 6) is 0.163. The third kappa shape index (κ3) is 3.44. The van der Waals surface area contributed by atoms with Gasteiger partial charge in [-0.15, -0.1) is 11.3 Å². The Morgan fingerprint density at radius 1 is 1.47 bits per heavy atom. The van der Waals surface area contributed by atoms with Crippen molar-refractivity contribution < 1.29 is 9.53 Å². The van der Waals surface area contributed by atoms with E-state index in [0.717, 1.165) is 21.0 Å². The minimum Gasteiger partial charge on any atom is -0.465 e. The highest BCUT2D eigenvalue weighted by molar-refractivity contribution is 8.01. The van der Waals surface area contributed by atoms with E-state index in [1.165, 1.54) is 11.8 Å². The molecule has 3 nitrogen and oxygen atoms in total. The van der Waals surface area contributed by atoms with E-state index >= 15 is 0 Å². The number of esters is 1. The summed E-state index contributed by atoms with van der Waals surface area (Å²) in [6, 6.07) is 7.97. The van der Waals surface area contributed by atoms with Gasteiger partial charge in [0.15, 0.2) is 4.34 Å². The number of para-hydroxylation sites is 1. The van der Waals surface area contributed by atoms with Gasteiger partial charge in [0.2, 0.25) is 0 Å². The molecule has 0 saturated heterocycles. The van der Waals surface area contributed by atoms with Crippen LogP contribution in [-0.2, 0) is 9.53 Å². The van der Waals surface area contributed by atoms with E-state index in [1.807, 2.05) is 31.2 Å². The lowest BCUT2D eigenvalue weighted by Crippen LogP contribution is -2.07. The fourth-order valence-electron chi connectivity index (χ4n) is 1.29. The van der Waals surface area contributed by atoms with Crippen molar-refractivity contribution in [3.05, 3.63) is 24.3 Å². The Balaban J connectivity index is 1.92. The largest absolute Gasteiger partial charge is 0.465 e. The smallest absolute Gasteiger partial charge is 0.316 e. The van der Waals surface area contributed by atoms with Gasteiger partial charge in [0, 0.05) is 0 Å². The van der Waals surface area contributed by atoms with Crippen molar-refractivity contribution in [2.75, 3.05) is 12.4 Å². The van der Waals surface area contributed by atoms with Crippen LogP contribution in [-0.4, -0.2) is 23.3 Å². The van der Waals surface area contributed by atoms with E-state index in [2.05, 4.69) is 4.98 Å². The molecule has 0 N–H and O–H groups in total. The second-order valence-electron chi connectivity index (χ2n) is 3.46. The number of ether oxygens (including phenoxy) is 1. The quantitative estimate of drug-likeness (QED) is 0.615. The number of carbonyl (C=O) groups excluding carboxylic acids is 1. The first kappa shape index (κ1) is 12.4. The number of carbonyl (C=O) groups is 1. The van der Waals surface area contributed by atoms with Gasteiger partial charge in [-0.05, 0) is 18.6 Å². The summed E-state index contributed by atoms with van der Waals surface area (Å²) in [6.07, 6.45) is 0.859. The number of thiazole rings is 1. The third-order valence-electron chi connectivity index (χ3n) is 2.05. The highest BCUT2D eigenvalue weighted by Crippen LogP contribution is 2.29. The predicted molar refractivity (Wildman–Crippen MR) is 71.6 cm³/mol. The molecule has 5 heteroatoms. The minimum absolute atomic E-state index is 0.170. The first-order valence-corrected chi connectivity index (χ1v) is 7.24. The first-order chi connectivity index (χ1) is 8.29. The second-order valence-corrected chi connectivity index (χ2v) is 5.71. The lowest BCUT2D eigenvalue weighted by molar-refractivity contribution is -0.140. The molecule has 1 heterocycles. The number of fused-ring (bicyclic) bond motifs is 1. The Bertz CT molecular complexity index is 477. The molecule has 0 amide bonds. The number of benzene rings is 1. The molecule has 0 unspecified atom stereocenters. The molecule has 0 saturated carbocycles. The zero-order valence-electron chi connectivity index (χ0n) is 9.51. The standard InChI is InChI=1S/C12H13NO2S2/c1-2-7-15-11(14)8-16-12-13-9-5-3-4-6-10(9)17-12/h3-6H,2,7-8H2,1H3. The fraction of sp³-hybridized carbons (Fsp3) is 0.333. The lowest BCUT2D eigenvalue weighted by Gasteiger charge is -2.00. The number of hydrogen-bond donors (Lipinski definition) is 0. The molecule has 0 atom stereocenters. The molecule has 90 valence electrons. The predicted octanol–water partition coefficient (Wildman–Crippen LogP) is 3.34. The maximum Gasteiger partial charge on any atom is 0.316 e. The van der Waals surface area contributed by atoms with Crippen LogP contribution in [0.4, 0.5) is 0 Å². The molecule has 17 heavy (non-hydrogen) atoms. The van der Waals surface area contributed by atoms with Crippen LogP contribution in [0.1, 0.15) is 13.3 Å². The van der Waals surface area contributed by atoms with Gasteiger partial charge in [-0.25, -0.2) is 4.98 Å². The molecule has 0 bridgehead atoms. The van der Waals surface area contributed by atoms with E-state index in [0.29, 0.717) is 12.4 Å². The summed E-state index contributed by atoms with van der Waals surface area (Å²) in [6.45, 7) is 2.48. The lowest BCUT2D eigenvalue weighted by atomic mass is 10.3. The van der Waals surface area contributed by atoms with Crippen molar-refractivity contribution in [2.24, 2.45) is 0 Å². The zero-order chi connectivity index (χ0) is 12.1. The summed E-state index contributed by atoms with van der Waals surface area (Å²) in [5.41, 5.74) is 0.988. The SMILES string of the molecule is CCCOC(=O)CSc1nc2ccccc2s1. The summed E-state index contributed by atoms with van der Waals surface area (Å²) in [5, 5.41) is 0. The molecular weight excluding hydrogens is 254 g/mol. The van der Waals surface area contributed by atoms with Crippen molar-refractivity contribution in [3.8, 4) is 0 Å². The summed E-state index contributed by atoms with van der Waals surface area (Å²) >= 11 is 3.04. The Morgan fingerprint density at radius 2 is 2.29 bits per heavy atom. The van der Waals surface area contributed by atoms with Crippen molar-refractivity contribution in [1.82, 2.24) is 4.98 Å².